The van der Waals surface area contributed by atoms with E-state index < -0.39 is 10.0 Å². The van der Waals surface area contributed by atoms with Crippen LogP contribution >= 0.6 is 0 Å². The number of hydrogen-bond acceptors (Lipinski definition) is 5. The van der Waals surface area contributed by atoms with Gasteiger partial charge in [-0.2, -0.15) is 0 Å². The summed E-state index contributed by atoms with van der Waals surface area (Å²) in [5.74, 6) is -0.0406. The van der Waals surface area contributed by atoms with Crippen molar-refractivity contribution in [2.75, 3.05) is 26.8 Å². The number of benzene rings is 1. The highest BCUT2D eigenvalue weighted by atomic mass is 32.2. The number of carbonyl (C=O) groups excluding carboxylic acids is 1. The van der Waals surface area contributed by atoms with Crippen molar-refractivity contribution in [3.8, 4) is 0 Å². The molecule has 2 rings (SSSR count). The zero-order valence-electron chi connectivity index (χ0n) is 13.9. The second kappa shape index (κ2) is 9.12. The SMILES string of the molecule is COCCNS(=O)(=O)c1cccc(CNC(=O)C2CCCCN2)c1. The highest BCUT2D eigenvalue weighted by Crippen LogP contribution is 2.12. The van der Waals surface area contributed by atoms with Crippen molar-refractivity contribution >= 4 is 15.9 Å². The minimum absolute atomic E-state index is 0.0406. The molecule has 8 heteroatoms. The van der Waals surface area contributed by atoms with Gasteiger partial charge in [-0.05, 0) is 37.1 Å². The van der Waals surface area contributed by atoms with E-state index in [1.807, 2.05) is 0 Å². The predicted octanol–water partition coefficient (Wildman–Crippen LogP) is 0.370. The molecule has 1 aromatic rings. The Labute approximate surface area is 143 Å². The average Bonchev–Trinajstić information content (AvgIpc) is 2.61. The van der Waals surface area contributed by atoms with Gasteiger partial charge in [-0.3, -0.25) is 4.79 Å². The second-order valence-electron chi connectivity index (χ2n) is 5.76. The van der Waals surface area contributed by atoms with Gasteiger partial charge in [0.2, 0.25) is 15.9 Å². The normalized spacial score (nSPS) is 18.3. The van der Waals surface area contributed by atoms with Gasteiger partial charge in [-0.1, -0.05) is 18.6 Å². The summed E-state index contributed by atoms with van der Waals surface area (Å²) in [5, 5.41) is 6.05. The second-order valence-corrected chi connectivity index (χ2v) is 7.53. The Bertz CT molecular complexity index is 642. The zero-order valence-corrected chi connectivity index (χ0v) is 14.7. The molecule has 7 nitrogen and oxygen atoms in total. The molecule has 0 saturated carbocycles. The van der Waals surface area contributed by atoms with Crippen LogP contribution in [-0.2, 0) is 26.1 Å². The number of methoxy groups -OCH3 is 1. The Hall–Kier alpha value is -1.48. The van der Waals surface area contributed by atoms with Crippen LogP contribution in [0.4, 0.5) is 0 Å². The van der Waals surface area contributed by atoms with Gasteiger partial charge in [-0.15, -0.1) is 0 Å². The summed E-state index contributed by atoms with van der Waals surface area (Å²) in [6.07, 6.45) is 2.98. The topological polar surface area (TPSA) is 96.5 Å². The summed E-state index contributed by atoms with van der Waals surface area (Å²) in [6, 6.07) is 6.42. The van der Waals surface area contributed by atoms with Crippen molar-refractivity contribution in [1.29, 1.82) is 0 Å². The fourth-order valence-electron chi connectivity index (χ4n) is 2.57. The first-order chi connectivity index (χ1) is 11.5. The van der Waals surface area contributed by atoms with Crippen molar-refractivity contribution in [2.45, 2.75) is 36.7 Å². The van der Waals surface area contributed by atoms with Gasteiger partial charge < -0.3 is 15.4 Å². The van der Waals surface area contributed by atoms with E-state index in [1.165, 1.54) is 13.2 Å². The minimum Gasteiger partial charge on any atom is -0.383 e. The van der Waals surface area contributed by atoms with Crippen molar-refractivity contribution in [3.05, 3.63) is 29.8 Å². The largest absolute Gasteiger partial charge is 0.383 e. The quantitative estimate of drug-likeness (QED) is 0.586. The molecule has 134 valence electrons. The van der Waals surface area contributed by atoms with E-state index in [2.05, 4.69) is 15.4 Å². The van der Waals surface area contributed by atoms with Crippen LogP contribution in [0.5, 0.6) is 0 Å². The molecular formula is C16H25N3O4S. The number of amides is 1. The monoisotopic (exact) mass is 355 g/mol. The van der Waals surface area contributed by atoms with Gasteiger partial charge in [0, 0.05) is 20.2 Å². The summed E-state index contributed by atoms with van der Waals surface area (Å²) < 4.78 is 31.7. The van der Waals surface area contributed by atoms with Crippen LogP contribution < -0.4 is 15.4 Å². The van der Waals surface area contributed by atoms with Gasteiger partial charge in [0.25, 0.3) is 0 Å². The molecule has 1 fully saturated rings. The zero-order chi connectivity index (χ0) is 17.4. The Morgan fingerprint density at radius 3 is 2.92 bits per heavy atom. The van der Waals surface area contributed by atoms with Gasteiger partial charge in [0.1, 0.15) is 0 Å². The highest BCUT2D eigenvalue weighted by Gasteiger charge is 2.20. The van der Waals surface area contributed by atoms with E-state index in [4.69, 9.17) is 4.74 Å². The van der Waals surface area contributed by atoms with Crippen LogP contribution in [0.15, 0.2) is 29.2 Å². The summed E-state index contributed by atoms with van der Waals surface area (Å²) >= 11 is 0. The minimum atomic E-state index is -3.57. The molecule has 1 atom stereocenters. The Morgan fingerprint density at radius 2 is 2.21 bits per heavy atom. The van der Waals surface area contributed by atoms with Crippen LogP contribution in [0.25, 0.3) is 0 Å². The lowest BCUT2D eigenvalue weighted by molar-refractivity contribution is -0.123. The molecule has 1 amide bonds. The third kappa shape index (κ3) is 5.55. The van der Waals surface area contributed by atoms with Crippen LogP contribution in [0.3, 0.4) is 0 Å². The number of nitrogens with one attached hydrogen (secondary N) is 3. The summed E-state index contributed by atoms with van der Waals surface area (Å²) in [6.45, 7) is 1.69. The van der Waals surface area contributed by atoms with E-state index in [1.54, 1.807) is 18.2 Å². The van der Waals surface area contributed by atoms with Gasteiger partial charge >= 0.3 is 0 Å². The fraction of sp³-hybridized carbons (Fsp3) is 0.562. The van der Waals surface area contributed by atoms with E-state index >= 15 is 0 Å². The van der Waals surface area contributed by atoms with Crippen molar-refractivity contribution in [2.24, 2.45) is 0 Å². The summed E-state index contributed by atoms with van der Waals surface area (Å²) in [5.41, 5.74) is 0.744. The molecule has 0 spiro atoms. The molecule has 1 saturated heterocycles. The van der Waals surface area contributed by atoms with E-state index in [-0.39, 0.29) is 23.4 Å². The summed E-state index contributed by atoms with van der Waals surface area (Å²) in [4.78, 5) is 12.3. The smallest absolute Gasteiger partial charge is 0.240 e. The number of ether oxygens (including phenoxy) is 1. The average molecular weight is 355 g/mol. The van der Waals surface area contributed by atoms with E-state index in [9.17, 15) is 13.2 Å². The Balaban J connectivity index is 1.93. The van der Waals surface area contributed by atoms with E-state index in [0.29, 0.717) is 13.2 Å². The van der Waals surface area contributed by atoms with Crippen molar-refractivity contribution in [3.63, 3.8) is 0 Å². The first-order valence-corrected chi connectivity index (χ1v) is 9.60. The molecule has 0 aliphatic carbocycles. The third-order valence-electron chi connectivity index (χ3n) is 3.90. The molecule has 1 aromatic carbocycles. The molecule has 1 unspecified atom stereocenters. The lowest BCUT2D eigenvalue weighted by Crippen LogP contribution is -2.46. The number of hydrogen-bond donors (Lipinski definition) is 3. The maximum atomic E-state index is 12.2. The molecule has 0 radical (unpaired) electrons. The Morgan fingerprint density at radius 1 is 1.38 bits per heavy atom. The number of rotatable bonds is 8. The molecule has 1 aliphatic rings. The van der Waals surface area contributed by atoms with Crippen LogP contribution in [0.1, 0.15) is 24.8 Å². The fourth-order valence-corrected chi connectivity index (χ4v) is 3.65. The molecule has 0 aromatic heterocycles. The molecule has 3 N–H and O–H groups in total. The third-order valence-corrected chi connectivity index (χ3v) is 5.36. The highest BCUT2D eigenvalue weighted by molar-refractivity contribution is 7.89. The van der Waals surface area contributed by atoms with Crippen molar-refractivity contribution < 1.29 is 17.9 Å². The van der Waals surface area contributed by atoms with Crippen LogP contribution in [0, 0.1) is 0 Å². The van der Waals surface area contributed by atoms with Gasteiger partial charge in [0.15, 0.2) is 0 Å². The molecule has 1 aliphatic heterocycles. The number of carbonyl (C=O) groups is 1. The predicted molar refractivity (Wildman–Crippen MR) is 91.0 cm³/mol. The van der Waals surface area contributed by atoms with Gasteiger partial charge in [-0.25, -0.2) is 13.1 Å². The standard InChI is InChI=1S/C16H25N3O4S/c1-23-10-9-19-24(21,22)14-6-4-5-13(11-14)12-18-16(20)15-7-2-3-8-17-15/h4-6,11,15,17,19H,2-3,7-10,12H2,1H3,(H,18,20). The molecule has 0 bridgehead atoms. The summed E-state index contributed by atoms with van der Waals surface area (Å²) in [7, 11) is -2.06. The lowest BCUT2D eigenvalue weighted by atomic mass is 10.0. The maximum absolute atomic E-state index is 12.2. The molecule has 24 heavy (non-hydrogen) atoms. The molecular weight excluding hydrogens is 330 g/mol. The first kappa shape index (κ1) is 18.9. The maximum Gasteiger partial charge on any atom is 0.240 e. The number of piperidine rings is 1. The molecule has 1 heterocycles. The van der Waals surface area contributed by atoms with Crippen LogP contribution in [-0.4, -0.2) is 47.2 Å². The van der Waals surface area contributed by atoms with Crippen LogP contribution in [0.2, 0.25) is 0 Å². The van der Waals surface area contributed by atoms with Crippen molar-refractivity contribution in [1.82, 2.24) is 15.4 Å². The van der Waals surface area contributed by atoms with E-state index in [0.717, 1.165) is 31.4 Å². The van der Waals surface area contributed by atoms with Gasteiger partial charge in [0.05, 0.1) is 17.5 Å². The first-order valence-electron chi connectivity index (χ1n) is 8.11. The Kier molecular flexibility index (Phi) is 7.16. The number of sulfonamides is 1. The lowest BCUT2D eigenvalue weighted by Gasteiger charge is -2.22.